The molecule has 2 rings (SSSR count). The van der Waals surface area contributed by atoms with Crippen LogP contribution in [0.25, 0.3) is 0 Å². The van der Waals surface area contributed by atoms with Crippen LogP contribution in [0.15, 0.2) is 53.4 Å². The minimum absolute atomic E-state index is 0.0661. The lowest BCUT2D eigenvalue weighted by molar-refractivity contribution is -0.120. The number of aryl methyl sites for hydroxylation is 1. The van der Waals surface area contributed by atoms with Crippen LogP contribution in [0.4, 0.5) is 0 Å². The van der Waals surface area contributed by atoms with Gasteiger partial charge in [-0.25, -0.2) is 13.1 Å². The summed E-state index contributed by atoms with van der Waals surface area (Å²) in [5, 5.41) is 2.80. The van der Waals surface area contributed by atoms with E-state index in [1.807, 2.05) is 30.3 Å². The van der Waals surface area contributed by atoms with Gasteiger partial charge in [0.2, 0.25) is 15.9 Å². The second-order valence-electron chi connectivity index (χ2n) is 5.79. The number of sulfonamides is 1. The molecule has 0 radical (unpaired) electrons. The first-order chi connectivity index (χ1) is 12.4. The molecule has 0 aliphatic carbocycles. The summed E-state index contributed by atoms with van der Waals surface area (Å²) in [7, 11) is -3.48. The van der Waals surface area contributed by atoms with Crippen molar-refractivity contribution in [3.8, 4) is 5.75 Å². The molecule has 7 heteroatoms. The molecule has 0 saturated carbocycles. The van der Waals surface area contributed by atoms with E-state index in [9.17, 15) is 13.2 Å². The zero-order chi connectivity index (χ0) is 19.0. The maximum atomic E-state index is 12.0. The van der Waals surface area contributed by atoms with E-state index in [4.69, 9.17) is 4.74 Å². The first-order valence-corrected chi connectivity index (χ1v) is 9.94. The highest BCUT2D eigenvalue weighted by atomic mass is 32.2. The van der Waals surface area contributed by atoms with Crippen molar-refractivity contribution in [1.82, 2.24) is 10.0 Å². The predicted molar refractivity (Wildman–Crippen MR) is 101 cm³/mol. The topological polar surface area (TPSA) is 84.5 Å². The van der Waals surface area contributed by atoms with Crippen LogP contribution >= 0.6 is 0 Å². The fourth-order valence-corrected chi connectivity index (χ4v) is 3.55. The largest absolute Gasteiger partial charge is 0.491 e. The maximum absolute atomic E-state index is 12.0. The average Bonchev–Trinajstić information content (AvgIpc) is 2.60. The lowest BCUT2D eigenvalue weighted by Crippen LogP contribution is -2.29. The van der Waals surface area contributed by atoms with Crippen molar-refractivity contribution < 1.29 is 17.9 Å². The zero-order valence-electron chi connectivity index (χ0n) is 15.0. The van der Waals surface area contributed by atoms with Crippen LogP contribution < -0.4 is 14.8 Å². The second kappa shape index (κ2) is 9.35. The van der Waals surface area contributed by atoms with Crippen LogP contribution in [-0.4, -0.2) is 34.0 Å². The SMILES string of the molecule is CCNS(=O)(=O)c1ccc(OCCNC(=O)Cc2ccccc2)c(C)c1. The molecule has 26 heavy (non-hydrogen) atoms. The Morgan fingerprint density at radius 3 is 2.50 bits per heavy atom. The summed E-state index contributed by atoms with van der Waals surface area (Å²) in [5.41, 5.74) is 1.68. The van der Waals surface area contributed by atoms with Crippen LogP contribution in [-0.2, 0) is 21.2 Å². The van der Waals surface area contributed by atoms with Crippen LogP contribution in [0.5, 0.6) is 5.75 Å². The second-order valence-corrected chi connectivity index (χ2v) is 7.56. The standard InChI is InChI=1S/C19H24N2O4S/c1-3-21-26(23,24)17-9-10-18(15(2)13-17)25-12-11-20-19(22)14-16-7-5-4-6-8-16/h4-10,13,21H,3,11-12,14H2,1-2H3,(H,20,22). The normalized spacial score (nSPS) is 11.2. The van der Waals surface area contributed by atoms with E-state index in [0.717, 1.165) is 11.1 Å². The van der Waals surface area contributed by atoms with E-state index >= 15 is 0 Å². The monoisotopic (exact) mass is 376 g/mol. The number of nitrogens with one attached hydrogen (secondary N) is 2. The van der Waals surface area contributed by atoms with Crippen molar-refractivity contribution in [2.75, 3.05) is 19.7 Å². The average molecular weight is 376 g/mol. The van der Waals surface area contributed by atoms with Crippen LogP contribution in [0.1, 0.15) is 18.1 Å². The molecule has 0 bridgehead atoms. The summed E-state index contributed by atoms with van der Waals surface area (Å²) in [6.07, 6.45) is 0.330. The Bertz CT molecular complexity index is 836. The lowest BCUT2D eigenvalue weighted by atomic mass is 10.1. The first kappa shape index (κ1) is 19.9. The van der Waals surface area contributed by atoms with Gasteiger partial charge in [0.1, 0.15) is 12.4 Å². The summed E-state index contributed by atoms with van der Waals surface area (Å²) in [6.45, 7) is 4.54. The Morgan fingerprint density at radius 1 is 1.12 bits per heavy atom. The molecule has 0 aliphatic heterocycles. The summed E-state index contributed by atoms with van der Waals surface area (Å²) < 4.78 is 32.1. The van der Waals surface area contributed by atoms with E-state index < -0.39 is 10.0 Å². The van der Waals surface area contributed by atoms with Gasteiger partial charge in [0, 0.05) is 6.54 Å². The number of hydrogen-bond acceptors (Lipinski definition) is 4. The van der Waals surface area contributed by atoms with Gasteiger partial charge in [0.25, 0.3) is 0 Å². The van der Waals surface area contributed by atoms with Gasteiger partial charge in [-0.05, 0) is 36.2 Å². The van der Waals surface area contributed by atoms with Crippen LogP contribution in [0.2, 0.25) is 0 Å². The molecule has 2 aromatic rings. The van der Waals surface area contributed by atoms with Crippen LogP contribution in [0, 0.1) is 6.92 Å². The van der Waals surface area contributed by atoms with Crippen molar-refractivity contribution in [2.24, 2.45) is 0 Å². The smallest absolute Gasteiger partial charge is 0.240 e. The summed E-state index contributed by atoms with van der Waals surface area (Å²) >= 11 is 0. The van der Waals surface area contributed by atoms with Gasteiger partial charge in [-0.3, -0.25) is 4.79 Å². The minimum Gasteiger partial charge on any atom is -0.491 e. The molecule has 140 valence electrons. The van der Waals surface area contributed by atoms with Gasteiger partial charge in [-0.2, -0.15) is 0 Å². The van der Waals surface area contributed by atoms with E-state index in [-0.39, 0.29) is 10.8 Å². The molecule has 0 unspecified atom stereocenters. The quantitative estimate of drug-likeness (QED) is 0.656. The Morgan fingerprint density at radius 2 is 1.85 bits per heavy atom. The summed E-state index contributed by atoms with van der Waals surface area (Å²) in [4.78, 5) is 12.1. The molecule has 0 fully saturated rings. The van der Waals surface area contributed by atoms with Crippen molar-refractivity contribution in [2.45, 2.75) is 25.2 Å². The molecule has 0 spiro atoms. The van der Waals surface area contributed by atoms with E-state index in [0.29, 0.717) is 31.9 Å². The third kappa shape index (κ3) is 5.86. The highest BCUT2D eigenvalue weighted by molar-refractivity contribution is 7.89. The number of hydrogen-bond donors (Lipinski definition) is 2. The van der Waals surface area contributed by atoms with Crippen molar-refractivity contribution in [1.29, 1.82) is 0 Å². The van der Waals surface area contributed by atoms with Gasteiger partial charge in [-0.1, -0.05) is 37.3 Å². The van der Waals surface area contributed by atoms with Gasteiger partial charge < -0.3 is 10.1 Å². The number of ether oxygens (including phenoxy) is 1. The molecule has 2 N–H and O–H groups in total. The van der Waals surface area contributed by atoms with Gasteiger partial charge in [0.05, 0.1) is 17.9 Å². The maximum Gasteiger partial charge on any atom is 0.240 e. The van der Waals surface area contributed by atoms with Gasteiger partial charge in [-0.15, -0.1) is 0 Å². The van der Waals surface area contributed by atoms with Crippen molar-refractivity contribution in [3.63, 3.8) is 0 Å². The highest BCUT2D eigenvalue weighted by Crippen LogP contribution is 2.21. The van der Waals surface area contributed by atoms with Gasteiger partial charge in [0.15, 0.2) is 0 Å². The molecule has 0 aliphatic rings. The van der Waals surface area contributed by atoms with Gasteiger partial charge >= 0.3 is 0 Å². The molecule has 0 aromatic heterocycles. The Hall–Kier alpha value is -2.38. The molecule has 1 amide bonds. The minimum atomic E-state index is -3.48. The van der Waals surface area contributed by atoms with E-state index in [2.05, 4.69) is 10.0 Å². The number of carbonyl (C=O) groups excluding carboxylic acids is 1. The Kier molecular flexibility index (Phi) is 7.17. The molecule has 0 heterocycles. The van der Waals surface area contributed by atoms with Crippen molar-refractivity contribution >= 4 is 15.9 Å². The molecule has 6 nitrogen and oxygen atoms in total. The lowest BCUT2D eigenvalue weighted by Gasteiger charge is -2.12. The number of carbonyl (C=O) groups is 1. The van der Waals surface area contributed by atoms with Crippen molar-refractivity contribution in [3.05, 3.63) is 59.7 Å². The number of benzene rings is 2. The molecular weight excluding hydrogens is 352 g/mol. The third-order valence-electron chi connectivity index (χ3n) is 3.68. The summed E-state index contributed by atoms with van der Waals surface area (Å²) in [5.74, 6) is 0.529. The fraction of sp³-hybridized carbons (Fsp3) is 0.316. The first-order valence-electron chi connectivity index (χ1n) is 8.46. The fourth-order valence-electron chi connectivity index (χ4n) is 2.42. The number of rotatable bonds is 9. The molecule has 0 saturated heterocycles. The summed E-state index contributed by atoms with van der Waals surface area (Å²) in [6, 6.07) is 14.2. The highest BCUT2D eigenvalue weighted by Gasteiger charge is 2.14. The molecule has 2 aromatic carbocycles. The predicted octanol–water partition coefficient (Wildman–Crippen LogP) is 2.03. The third-order valence-corrected chi connectivity index (χ3v) is 5.22. The number of amides is 1. The van der Waals surface area contributed by atoms with E-state index in [1.165, 1.54) is 6.07 Å². The zero-order valence-corrected chi connectivity index (χ0v) is 15.8. The van der Waals surface area contributed by atoms with Crippen LogP contribution in [0.3, 0.4) is 0 Å². The molecular formula is C19H24N2O4S. The Balaban J connectivity index is 1.82. The molecule has 0 atom stereocenters. The Labute approximate surface area is 154 Å². The van der Waals surface area contributed by atoms with E-state index in [1.54, 1.807) is 26.0 Å².